The van der Waals surface area contributed by atoms with Gasteiger partial charge in [0.25, 0.3) is 11.6 Å². The minimum absolute atomic E-state index is 0.0134. The van der Waals surface area contributed by atoms with Gasteiger partial charge in [-0.3, -0.25) is 14.9 Å². The topological polar surface area (TPSA) is 114 Å². The van der Waals surface area contributed by atoms with E-state index in [-0.39, 0.29) is 23.9 Å². The van der Waals surface area contributed by atoms with Crippen molar-refractivity contribution in [2.75, 3.05) is 6.61 Å². The van der Waals surface area contributed by atoms with Gasteiger partial charge in [0.2, 0.25) is 0 Å². The molecule has 0 bridgehead atoms. The molecular formula is C27H25N3O5. The molecule has 1 amide bonds. The van der Waals surface area contributed by atoms with E-state index in [1.807, 2.05) is 50.2 Å². The van der Waals surface area contributed by atoms with E-state index in [0.717, 1.165) is 5.56 Å². The van der Waals surface area contributed by atoms with Crippen LogP contribution in [0, 0.1) is 21.4 Å². The molecule has 8 heteroatoms. The molecule has 0 aliphatic rings. The summed E-state index contributed by atoms with van der Waals surface area (Å²) in [4.78, 5) is 23.2. The number of carbonyl (C=O) groups is 1. The van der Waals surface area contributed by atoms with Crippen LogP contribution in [-0.2, 0) is 11.4 Å². The number of nitriles is 1. The number of rotatable bonds is 10. The first-order valence-electron chi connectivity index (χ1n) is 11.0. The second kappa shape index (κ2) is 12.0. The van der Waals surface area contributed by atoms with Crippen molar-refractivity contribution in [3.63, 3.8) is 0 Å². The first-order chi connectivity index (χ1) is 16.9. The summed E-state index contributed by atoms with van der Waals surface area (Å²) in [6.45, 7) is 4.16. The van der Waals surface area contributed by atoms with Gasteiger partial charge in [0.05, 0.1) is 17.6 Å². The van der Waals surface area contributed by atoms with Crippen LogP contribution in [-0.4, -0.2) is 17.4 Å². The molecule has 0 fully saturated rings. The molecule has 178 valence electrons. The lowest BCUT2D eigenvalue weighted by atomic mass is 10.1. The number of ether oxygens (including phenoxy) is 2. The van der Waals surface area contributed by atoms with Crippen molar-refractivity contribution < 1.29 is 19.2 Å². The maximum absolute atomic E-state index is 12.7. The number of amides is 1. The summed E-state index contributed by atoms with van der Waals surface area (Å²) >= 11 is 0. The third kappa shape index (κ3) is 6.92. The number of benzene rings is 3. The summed E-state index contributed by atoms with van der Waals surface area (Å²) in [6.07, 6.45) is 1.49. The standard InChI is InChI=1S/C27H25N3O5/c1-3-34-26-16-20(12-13-25(26)35-18-21-8-7-11-24(15-21)30(32)33)14-23(17-28)27(31)29-19(2)22-9-5-4-6-10-22/h4-16,19H,3,18H2,1-2H3,(H,29,31)/b23-14-/t19-/m1/s1. The molecule has 8 nitrogen and oxygen atoms in total. The van der Waals surface area contributed by atoms with Crippen molar-refractivity contribution in [1.82, 2.24) is 5.32 Å². The summed E-state index contributed by atoms with van der Waals surface area (Å²) in [6, 6.07) is 22.4. The fraction of sp³-hybridized carbons (Fsp3) is 0.185. The summed E-state index contributed by atoms with van der Waals surface area (Å²) in [5, 5.41) is 23.4. The number of hydrogen-bond acceptors (Lipinski definition) is 6. The molecule has 0 spiro atoms. The van der Waals surface area contributed by atoms with Gasteiger partial charge in [-0.1, -0.05) is 48.5 Å². The van der Waals surface area contributed by atoms with Crippen molar-refractivity contribution in [3.8, 4) is 17.6 Å². The molecule has 1 atom stereocenters. The molecule has 1 N–H and O–H groups in total. The third-order valence-electron chi connectivity index (χ3n) is 5.11. The predicted molar refractivity (Wildman–Crippen MR) is 132 cm³/mol. The fourth-order valence-corrected chi connectivity index (χ4v) is 3.34. The van der Waals surface area contributed by atoms with Crippen LogP contribution in [0.15, 0.2) is 78.4 Å². The first kappa shape index (κ1) is 25.0. The minimum atomic E-state index is -0.479. The minimum Gasteiger partial charge on any atom is -0.490 e. The number of carbonyl (C=O) groups excluding carboxylic acids is 1. The lowest BCUT2D eigenvalue weighted by Crippen LogP contribution is -2.27. The lowest BCUT2D eigenvalue weighted by molar-refractivity contribution is -0.384. The summed E-state index contributed by atoms with van der Waals surface area (Å²) in [5.74, 6) is 0.394. The van der Waals surface area contributed by atoms with Crippen molar-refractivity contribution in [3.05, 3.63) is 105 Å². The zero-order valence-electron chi connectivity index (χ0n) is 19.4. The van der Waals surface area contributed by atoms with Crippen molar-refractivity contribution in [2.24, 2.45) is 0 Å². The van der Waals surface area contributed by atoms with E-state index in [9.17, 15) is 20.2 Å². The summed E-state index contributed by atoms with van der Waals surface area (Å²) in [7, 11) is 0. The molecule has 3 aromatic rings. The highest BCUT2D eigenvalue weighted by Crippen LogP contribution is 2.30. The summed E-state index contributed by atoms with van der Waals surface area (Å²) in [5.41, 5.74) is 2.11. The van der Waals surface area contributed by atoms with E-state index >= 15 is 0 Å². The Balaban J connectivity index is 1.76. The van der Waals surface area contributed by atoms with E-state index in [4.69, 9.17) is 9.47 Å². The largest absolute Gasteiger partial charge is 0.490 e. The number of non-ortho nitro benzene ring substituents is 1. The van der Waals surface area contributed by atoms with Gasteiger partial charge in [0, 0.05) is 12.1 Å². The van der Waals surface area contributed by atoms with Crippen LogP contribution < -0.4 is 14.8 Å². The predicted octanol–water partition coefficient (Wildman–Crippen LogP) is 5.36. The molecule has 0 unspecified atom stereocenters. The Bertz CT molecular complexity index is 1270. The smallest absolute Gasteiger partial charge is 0.269 e. The van der Waals surface area contributed by atoms with Crippen LogP contribution in [0.25, 0.3) is 6.08 Å². The van der Waals surface area contributed by atoms with Gasteiger partial charge < -0.3 is 14.8 Å². The molecule has 0 aliphatic carbocycles. The molecule has 3 rings (SSSR count). The second-order valence-electron chi connectivity index (χ2n) is 7.63. The molecule has 0 saturated carbocycles. The number of nitro groups is 1. The van der Waals surface area contributed by atoms with E-state index in [0.29, 0.717) is 29.2 Å². The molecule has 0 radical (unpaired) electrons. The monoisotopic (exact) mass is 471 g/mol. The fourth-order valence-electron chi connectivity index (χ4n) is 3.34. The van der Waals surface area contributed by atoms with Gasteiger partial charge in [0.15, 0.2) is 11.5 Å². The quantitative estimate of drug-likeness (QED) is 0.184. The average Bonchev–Trinajstić information content (AvgIpc) is 2.87. The molecule has 0 aliphatic heterocycles. The highest BCUT2D eigenvalue weighted by atomic mass is 16.6. The Morgan fingerprint density at radius 1 is 1.09 bits per heavy atom. The zero-order chi connectivity index (χ0) is 25.2. The van der Waals surface area contributed by atoms with Crippen LogP contribution in [0.5, 0.6) is 11.5 Å². The van der Waals surface area contributed by atoms with Crippen LogP contribution in [0.2, 0.25) is 0 Å². The Labute approximate surface area is 203 Å². The lowest BCUT2D eigenvalue weighted by Gasteiger charge is -2.14. The van der Waals surface area contributed by atoms with Crippen LogP contribution in [0.3, 0.4) is 0 Å². The van der Waals surface area contributed by atoms with Crippen LogP contribution >= 0.6 is 0 Å². The second-order valence-corrected chi connectivity index (χ2v) is 7.63. The highest BCUT2D eigenvalue weighted by Gasteiger charge is 2.15. The van der Waals surface area contributed by atoms with Crippen LogP contribution in [0.1, 0.15) is 36.6 Å². The van der Waals surface area contributed by atoms with E-state index < -0.39 is 10.8 Å². The number of nitrogens with zero attached hydrogens (tertiary/aromatic N) is 2. The molecule has 0 heterocycles. The van der Waals surface area contributed by atoms with Gasteiger partial charge in [-0.25, -0.2) is 0 Å². The Morgan fingerprint density at radius 2 is 1.86 bits per heavy atom. The molecule has 3 aromatic carbocycles. The molecular weight excluding hydrogens is 446 g/mol. The van der Waals surface area contributed by atoms with Crippen molar-refractivity contribution in [1.29, 1.82) is 5.26 Å². The first-order valence-corrected chi connectivity index (χ1v) is 11.0. The molecule has 0 saturated heterocycles. The van der Waals surface area contributed by atoms with E-state index in [1.54, 1.807) is 30.3 Å². The maximum atomic E-state index is 12.7. The van der Waals surface area contributed by atoms with E-state index in [2.05, 4.69) is 5.32 Å². The van der Waals surface area contributed by atoms with Gasteiger partial charge in [-0.2, -0.15) is 5.26 Å². The third-order valence-corrected chi connectivity index (χ3v) is 5.11. The average molecular weight is 472 g/mol. The number of nitrogens with one attached hydrogen (secondary N) is 1. The van der Waals surface area contributed by atoms with Gasteiger partial charge in [-0.15, -0.1) is 0 Å². The number of hydrogen-bond donors (Lipinski definition) is 1. The summed E-state index contributed by atoms with van der Waals surface area (Å²) < 4.78 is 11.5. The molecule has 35 heavy (non-hydrogen) atoms. The highest BCUT2D eigenvalue weighted by molar-refractivity contribution is 6.01. The van der Waals surface area contributed by atoms with Crippen molar-refractivity contribution >= 4 is 17.7 Å². The Morgan fingerprint density at radius 3 is 2.54 bits per heavy atom. The normalized spacial score (nSPS) is 11.7. The Hall–Kier alpha value is -4.64. The SMILES string of the molecule is CCOc1cc(/C=C(/C#N)C(=O)N[C@H](C)c2ccccc2)ccc1OCc1cccc([N+](=O)[O-])c1. The maximum Gasteiger partial charge on any atom is 0.269 e. The van der Waals surface area contributed by atoms with Gasteiger partial charge in [-0.05, 0) is 48.7 Å². The zero-order valence-corrected chi connectivity index (χ0v) is 19.4. The number of nitro benzene ring substituents is 1. The molecule has 0 aromatic heterocycles. The van der Waals surface area contributed by atoms with Crippen LogP contribution in [0.4, 0.5) is 5.69 Å². The van der Waals surface area contributed by atoms with Gasteiger partial charge >= 0.3 is 0 Å². The van der Waals surface area contributed by atoms with E-state index in [1.165, 1.54) is 18.2 Å². The van der Waals surface area contributed by atoms with Gasteiger partial charge in [0.1, 0.15) is 18.2 Å². The Kier molecular flexibility index (Phi) is 8.57. The van der Waals surface area contributed by atoms with Crippen molar-refractivity contribution in [2.45, 2.75) is 26.5 Å².